The Hall–Kier alpha value is -3.05. The van der Waals surface area contributed by atoms with Crippen molar-refractivity contribution < 1.29 is 19.0 Å². The number of hydrogen-bond donors (Lipinski definition) is 1. The van der Waals surface area contributed by atoms with E-state index in [1.165, 1.54) is 0 Å². The van der Waals surface area contributed by atoms with Gasteiger partial charge in [0.25, 0.3) is 0 Å². The van der Waals surface area contributed by atoms with Crippen molar-refractivity contribution in [2.24, 2.45) is 0 Å². The fourth-order valence-electron chi connectivity index (χ4n) is 3.19. The number of carboxylic acid groups (broad SMARTS) is 1. The van der Waals surface area contributed by atoms with Gasteiger partial charge in [0.2, 0.25) is 5.82 Å². The van der Waals surface area contributed by atoms with Crippen LogP contribution in [-0.2, 0) is 4.74 Å². The lowest BCUT2D eigenvalue weighted by Crippen LogP contribution is -2.48. The fraction of sp³-hybridized carbons (Fsp3) is 0.333. The maximum atomic E-state index is 13.6. The van der Waals surface area contributed by atoms with Gasteiger partial charge in [0, 0.05) is 18.0 Å². The van der Waals surface area contributed by atoms with Gasteiger partial charge in [-0.2, -0.15) is 5.26 Å². The Morgan fingerprint density at radius 3 is 2.42 bits per heavy atom. The Bertz CT molecular complexity index is 846. The molecule has 1 aromatic heterocycles. The Labute approximate surface area is 149 Å². The highest BCUT2D eigenvalue weighted by atomic mass is 19.1. The molecule has 26 heavy (non-hydrogen) atoms. The summed E-state index contributed by atoms with van der Waals surface area (Å²) in [5.41, 5.74) is 1.12. The maximum Gasteiger partial charge on any atom is 0.410 e. The molecular weight excluding hydrogens is 339 g/mol. The molecule has 1 aromatic carbocycles. The predicted octanol–water partition coefficient (Wildman–Crippen LogP) is 3.14. The highest BCUT2D eigenvalue weighted by Crippen LogP contribution is 2.41. The molecule has 1 N–H and O–H groups in total. The molecule has 7 nitrogen and oxygen atoms in total. The molecule has 2 heterocycles. The quantitative estimate of drug-likeness (QED) is 0.907. The number of nitrogens with zero attached hydrogens (tertiary/aromatic N) is 4. The average molecular weight is 356 g/mol. The van der Waals surface area contributed by atoms with Crippen LogP contribution in [0.1, 0.15) is 31.3 Å². The van der Waals surface area contributed by atoms with Crippen LogP contribution in [-0.4, -0.2) is 44.5 Å². The normalized spacial score (nSPS) is 21.4. The summed E-state index contributed by atoms with van der Waals surface area (Å²) in [6.45, 7) is 2.37. The summed E-state index contributed by atoms with van der Waals surface area (Å²) in [4.78, 5) is 20.4. The van der Waals surface area contributed by atoms with Crippen molar-refractivity contribution >= 4 is 6.09 Å². The first-order chi connectivity index (χ1) is 12.4. The first kappa shape index (κ1) is 17.8. The lowest BCUT2D eigenvalue weighted by Gasteiger charge is -2.29. The average Bonchev–Trinajstić information content (AvgIpc) is 2.92. The Balaban J connectivity index is 1.88. The van der Waals surface area contributed by atoms with Crippen molar-refractivity contribution in [3.63, 3.8) is 0 Å². The SMILES string of the molecule is CC1(C)OC(c2ccc(-c3cnc(C#N)nc3)cc2)C(CF)N1C(=O)O. The van der Waals surface area contributed by atoms with Crippen molar-refractivity contribution in [3.8, 4) is 17.2 Å². The van der Waals surface area contributed by atoms with Crippen molar-refractivity contribution in [2.75, 3.05) is 6.67 Å². The van der Waals surface area contributed by atoms with E-state index in [9.17, 15) is 14.3 Å². The number of nitriles is 1. The second kappa shape index (κ2) is 6.69. The number of amides is 1. The Morgan fingerprint density at radius 2 is 1.92 bits per heavy atom. The van der Waals surface area contributed by atoms with Crippen molar-refractivity contribution in [1.29, 1.82) is 5.26 Å². The second-order valence-electron chi connectivity index (χ2n) is 6.39. The molecule has 0 bridgehead atoms. The summed E-state index contributed by atoms with van der Waals surface area (Å²) in [6.07, 6.45) is 1.18. The molecule has 0 saturated carbocycles. The summed E-state index contributed by atoms with van der Waals surface area (Å²) >= 11 is 0. The number of aromatic nitrogens is 2. The fourth-order valence-corrected chi connectivity index (χ4v) is 3.19. The minimum absolute atomic E-state index is 0.0894. The number of alkyl halides is 1. The highest BCUT2D eigenvalue weighted by molar-refractivity contribution is 5.67. The van der Waals surface area contributed by atoms with Gasteiger partial charge in [0.15, 0.2) is 0 Å². The van der Waals surface area contributed by atoms with E-state index in [1.807, 2.05) is 6.07 Å². The molecule has 0 aliphatic carbocycles. The number of carbonyl (C=O) groups is 1. The van der Waals surface area contributed by atoms with Gasteiger partial charge in [-0.3, -0.25) is 4.90 Å². The van der Waals surface area contributed by atoms with Crippen LogP contribution in [0.15, 0.2) is 36.7 Å². The van der Waals surface area contributed by atoms with Crippen molar-refractivity contribution in [3.05, 3.63) is 48.0 Å². The molecule has 1 saturated heterocycles. The van der Waals surface area contributed by atoms with E-state index in [4.69, 9.17) is 10.00 Å². The Morgan fingerprint density at radius 1 is 1.31 bits per heavy atom. The summed E-state index contributed by atoms with van der Waals surface area (Å²) in [5, 5.41) is 18.1. The van der Waals surface area contributed by atoms with E-state index >= 15 is 0 Å². The molecule has 0 radical (unpaired) electrons. The van der Waals surface area contributed by atoms with Crippen LogP contribution in [0.2, 0.25) is 0 Å². The molecule has 1 amide bonds. The zero-order chi connectivity index (χ0) is 18.9. The van der Waals surface area contributed by atoms with Crippen LogP contribution in [0, 0.1) is 11.3 Å². The molecular formula is C18H17FN4O3. The van der Waals surface area contributed by atoms with E-state index in [0.717, 1.165) is 16.0 Å². The third-order valence-corrected chi connectivity index (χ3v) is 4.37. The first-order valence-electron chi connectivity index (χ1n) is 7.96. The van der Waals surface area contributed by atoms with E-state index in [0.29, 0.717) is 5.56 Å². The van der Waals surface area contributed by atoms with Gasteiger partial charge in [-0.15, -0.1) is 0 Å². The van der Waals surface area contributed by atoms with E-state index in [2.05, 4.69) is 9.97 Å². The molecule has 1 aliphatic heterocycles. The van der Waals surface area contributed by atoms with Crippen LogP contribution in [0.25, 0.3) is 11.1 Å². The van der Waals surface area contributed by atoms with Crippen LogP contribution < -0.4 is 0 Å². The zero-order valence-corrected chi connectivity index (χ0v) is 14.3. The summed E-state index contributed by atoms with van der Waals surface area (Å²) in [5.74, 6) is 0.0894. The summed E-state index contributed by atoms with van der Waals surface area (Å²) in [6, 6.07) is 8.08. The van der Waals surface area contributed by atoms with E-state index in [1.54, 1.807) is 50.5 Å². The van der Waals surface area contributed by atoms with Crippen LogP contribution >= 0.6 is 0 Å². The molecule has 1 aliphatic rings. The number of rotatable bonds is 3. The maximum absolute atomic E-state index is 13.6. The number of benzene rings is 1. The molecule has 1 fully saturated rings. The lowest BCUT2D eigenvalue weighted by molar-refractivity contribution is -0.0674. The van der Waals surface area contributed by atoms with Crippen molar-refractivity contribution in [1.82, 2.24) is 14.9 Å². The molecule has 2 unspecified atom stereocenters. The topological polar surface area (TPSA) is 99.3 Å². The minimum atomic E-state index is -1.22. The number of hydrogen-bond acceptors (Lipinski definition) is 5. The molecule has 2 aromatic rings. The number of halogens is 1. The third kappa shape index (κ3) is 3.09. The zero-order valence-electron chi connectivity index (χ0n) is 14.3. The standard InChI is InChI=1S/C18H17FN4O3/c1-18(2)23(17(24)25)14(7-19)16(26-18)12-5-3-11(4-6-12)13-9-21-15(8-20)22-10-13/h3-6,9-10,14,16H,7H2,1-2H3,(H,24,25). The van der Waals surface area contributed by atoms with Crippen molar-refractivity contribution in [2.45, 2.75) is 31.7 Å². The van der Waals surface area contributed by atoms with Crippen LogP contribution in [0.5, 0.6) is 0 Å². The molecule has 2 atom stereocenters. The third-order valence-electron chi connectivity index (χ3n) is 4.37. The molecule has 134 valence electrons. The van der Waals surface area contributed by atoms with Gasteiger partial charge in [0.1, 0.15) is 24.6 Å². The predicted molar refractivity (Wildman–Crippen MR) is 89.7 cm³/mol. The number of ether oxygens (including phenoxy) is 1. The molecule has 3 rings (SSSR count). The highest BCUT2D eigenvalue weighted by Gasteiger charge is 2.50. The summed E-state index contributed by atoms with van der Waals surface area (Å²) < 4.78 is 19.4. The smallest absolute Gasteiger partial charge is 0.410 e. The van der Waals surface area contributed by atoms with E-state index < -0.39 is 30.6 Å². The minimum Gasteiger partial charge on any atom is -0.465 e. The lowest BCUT2D eigenvalue weighted by atomic mass is 10.00. The monoisotopic (exact) mass is 356 g/mol. The van der Waals surface area contributed by atoms with Gasteiger partial charge in [-0.25, -0.2) is 19.2 Å². The summed E-state index contributed by atoms with van der Waals surface area (Å²) in [7, 11) is 0. The van der Waals surface area contributed by atoms with Gasteiger partial charge in [0.05, 0.1) is 6.04 Å². The van der Waals surface area contributed by atoms with Gasteiger partial charge >= 0.3 is 6.09 Å². The Kier molecular flexibility index (Phi) is 4.57. The first-order valence-corrected chi connectivity index (χ1v) is 7.96. The van der Waals surface area contributed by atoms with Gasteiger partial charge < -0.3 is 9.84 Å². The van der Waals surface area contributed by atoms with Crippen LogP contribution in [0.3, 0.4) is 0 Å². The largest absolute Gasteiger partial charge is 0.465 e. The molecule has 8 heteroatoms. The molecule has 0 spiro atoms. The van der Waals surface area contributed by atoms with Crippen LogP contribution in [0.4, 0.5) is 9.18 Å². The van der Waals surface area contributed by atoms with Gasteiger partial charge in [-0.1, -0.05) is 24.3 Å². The van der Waals surface area contributed by atoms with E-state index in [-0.39, 0.29) is 5.82 Å². The van der Waals surface area contributed by atoms with Gasteiger partial charge in [-0.05, 0) is 25.0 Å². The second-order valence-corrected chi connectivity index (χ2v) is 6.39.